The Kier molecular flexibility index (Phi) is 21.9. The largest absolute Gasteiger partial charge is 0.256 e. The van der Waals surface area contributed by atoms with Crippen LogP contribution < -0.4 is 4.34 Å². The molecule has 0 spiro atoms. The highest BCUT2D eigenvalue weighted by atomic mass is 79.9. The van der Waals surface area contributed by atoms with E-state index in [0.717, 1.165) is 6.54 Å². The maximum Gasteiger partial charge on any atom is 0.00875 e. The summed E-state index contributed by atoms with van der Waals surface area (Å²) in [5, 5.41) is 0. The summed E-state index contributed by atoms with van der Waals surface area (Å²) < 4.78 is 3.03. The predicted octanol–water partition coefficient (Wildman–Crippen LogP) is 7.93. The molecule has 0 aliphatic carbocycles. The highest BCUT2D eigenvalue weighted by Gasteiger charge is 1.94. The fourth-order valence-corrected chi connectivity index (χ4v) is 3.37. The van der Waals surface area contributed by atoms with E-state index in [4.69, 9.17) is 0 Å². The van der Waals surface area contributed by atoms with Gasteiger partial charge in [-0.25, -0.2) is 0 Å². The first-order chi connectivity index (χ1) is 10.9. The van der Waals surface area contributed by atoms with E-state index in [9.17, 15) is 0 Å². The van der Waals surface area contributed by atoms with Gasteiger partial charge in [0.2, 0.25) is 0 Å². The van der Waals surface area contributed by atoms with E-state index in [1.807, 2.05) is 0 Å². The molecule has 0 heterocycles. The number of rotatable bonds is 19. The van der Waals surface area contributed by atoms with Crippen LogP contribution in [0.5, 0.6) is 0 Å². The van der Waals surface area contributed by atoms with Crippen LogP contribution in [0.25, 0.3) is 0 Å². The smallest absolute Gasteiger partial charge is 0.00875 e. The van der Waals surface area contributed by atoms with Crippen LogP contribution in [0, 0.1) is 0 Å². The van der Waals surface area contributed by atoms with Crippen LogP contribution >= 0.6 is 16.1 Å². The lowest BCUT2D eigenvalue weighted by molar-refractivity contribution is 0.525. The van der Waals surface area contributed by atoms with Gasteiger partial charge in [-0.3, -0.25) is 4.34 Å². The second-order valence-electron chi connectivity index (χ2n) is 6.89. The average molecular weight is 376 g/mol. The lowest BCUT2D eigenvalue weighted by atomic mass is 10.0. The van der Waals surface area contributed by atoms with Crippen LogP contribution in [0.2, 0.25) is 0 Å². The molecule has 0 saturated carbocycles. The maximum absolute atomic E-state index is 3.25. The molecule has 0 aromatic carbocycles. The highest BCUT2D eigenvalue weighted by Crippen LogP contribution is 2.14. The summed E-state index contributed by atoms with van der Waals surface area (Å²) in [6.07, 6.45) is 26.1. The van der Waals surface area contributed by atoms with E-state index in [1.54, 1.807) is 0 Å². The molecule has 1 N–H and O–H groups in total. The molecule has 0 radical (unpaired) electrons. The van der Waals surface area contributed by atoms with Gasteiger partial charge >= 0.3 is 0 Å². The van der Waals surface area contributed by atoms with Gasteiger partial charge in [-0.2, -0.15) is 0 Å². The molecule has 0 unspecified atom stereocenters. The average Bonchev–Trinajstić information content (AvgIpc) is 2.54. The van der Waals surface area contributed by atoms with Crippen LogP contribution in [0.1, 0.15) is 122 Å². The summed E-state index contributed by atoms with van der Waals surface area (Å²) in [4.78, 5) is 0. The van der Waals surface area contributed by atoms with Gasteiger partial charge in [0.1, 0.15) is 0 Å². The van der Waals surface area contributed by atoms with E-state index < -0.39 is 0 Å². The van der Waals surface area contributed by atoms with E-state index in [-0.39, 0.29) is 0 Å². The van der Waals surface area contributed by atoms with Gasteiger partial charge in [0.05, 0.1) is 0 Å². The van der Waals surface area contributed by atoms with Crippen molar-refractivity contribution in [1.29, 1.82) is 0 Å². The van der Waals surface area contributed by atoms with Gasteiger partial charge in [0.15, 0.2) is 0 Å². The number of unbranched alkanes of at least 4 members (excludes halogenated alkanes) is 17. The zero-order valence-electron chi connectivity index (χ0n) is 15.3. The van der Waals surface area contributed by atoms with Gasteiger partial charge in [-0.1, -0.05) is 116 Å². The lowest BCUT2D eigenvalue weighted by Gasteiger charge is -2.03. The molecule has 1 nitrogen and oxygen atoms in total. The van der Waals surface area contributed by atoms with Crippen molar-refractivity contribution in [1.82, 2.24) is 4.34 Å². The summed E-state index contributed by atoms with van der Waals surface area (Å²) >= 11 is 3.25. The molecule has 2 heteroatoms. The van der Waals surface area contributed by atoms with Crippen LogP contribution in [-0.2, 0) is 0 Å². The number of halogens is 1. The first-order valence-corrected chi connectivity index (χ1v) is 11.0. The molecule has 0 amide bonds. The topological polar surface area (TPSA) is 12.0 Å². The quantitative estimate of drug-likeness (QED) is 0.178. The third-order valence-corrected chi connectivity index (χ3v) is 5.02. The van der Waals surface area contributed by atoms with Crippen LogP contribution in [0.3, 0.4) is 0 Å². The summed E-state index contributed by atoms with van der Waals surface area (Å²) in [6, 6.07) is 0. The first kappa shape index (κ1) is 22.4. The van der Waals surface area contributed by atoms with Gasteiger partial charge in [0, 0.05) is 22.7 Å². The second-order valence-corrected chi connectivity index (χ2v) is 7.45. The summed E-state index contributed by atoms with van der Waals surface area (Å²) in [7, 11) is 0. The van der Waals surface area contributed by atoms with Crippen molar-refractivity contribution < 1.29 is 0 Å². The molecule has 0 fully saturated rings. The second kappa shape index (κ2) is 21.4. The van der Waals surface area contributed by atoms with Crippen molar-refractivity contribution in [2.24, 2.45) is 0 Å². The maximum atomic E-state index is 3.25. The SMILES string of the molecule is CCCCCCCCCCCCCCCCCCCCNBr. The Morgan fingerprint density at radius 3 is 1.00 bits per heavy atom. The fraction of sp³-hybridized carbons (Fsp3) is 1.00. The van der Waals surface area contributed by atoms with Gasteiger partial charge in [0.25, 0.3) is 0 Å². The zero-order chi connectivity index (χ0) is 16.1. The summed E-state index contributed by atoms with van der Waals surface area (Å²) in [6.45, 7) is 3.41. The van der Waals surface area contributed by atoms with E-state index in [1.165, 1.54) is 116 Å². The standard InChI is InChI=1S/C20H42BrN/c1-2-3-4-5-6-7-8-9-10-11-12-13-14-15-16-17-18-19-20-22-21/h22H,2-20H2,1H3. The fourth-order valence-electron chi connectivity index (χ4n) is 3.09. The highest BCUT2D eigenvalue weighted by molar-refractivity contribution is 9.08. The molecular formula is C20H42BrN. The predicted molar refractivity (Wildman–Crippen MR) is 106 cm³/mol. The number of hydrogen-bond donors (Lipinski definition) is 1. The van der Waals surface area contributed by atoms with Crippen LogP contribution in [0.15, 0.2) is 0 Å². The minimum absolute atomic E-state index is 1.11. The van der Waals surface area contributed by atoms with Crippen molar-refractivity contribution in [2.75, 3.05) is 6.54 Å². The van der Waals surface area contributed by atoms with Gasteiger partial charge in [-0.15, -0.1) is 0 Å². The van der Waals surface area contributed by atoms with Gasteiger partial charge in [-0.05, 0) is 6.42 Å². The monoisotopic (exact) mass is 375 g/mol. The molecule has 0 saturated heterocycles. The molecule has 134 valence electrons. The molecular weight excluding hydrogens is 334 g/mol. The van der Waals surface area contributed by atoms with Crippen molar-refractivity contribution >= 4 is 16.1 Å². The molecule has 0 bridgehead atoms. The molecule has 22 heavy (non-hydrogen) atoms. The van der Waals surface area contributed by atoms with Crippen molar-refractivity contribution in [3.05, 3.63) is 0 Å². The van der Waals surface area contributed by atoms with Crippen LogP contribution in [-0.4, -0.2) is 6.54 Å². The lowest BCUT2D eigenvalue weighted by Crippen LogP contribution is -1.98. The number of hydrogen-bond acceptors (Lipinski definition) is 1. The normalized spacial score (nSPS) is 11.2. The minimum Gasteiger partial charge on any atom is -0.256 e. The summed E-state index contributed by atoms with van der Waals surface area (Å²) in [5.41, 5.74) is 0. The molecule has 0 atom stereocenters. The van der Waals surface area contributed by atoms with Crippen molar-refractivity contribution in [2.45, 2.75) is 122 Å². The molecule has 0 aromatic heterocycles. The summed E-state index contributed by atoms with van der Waals surface area (Å²) in [5.74, 6) is 0. The third kappa shape index (κ3) is 20.4. The molecule has 0 rings (SSSR count). The Morgan fingerprint density at radius 2 is 0.727 bits per heavy atom. The molecule has 0 aromatic rings. The van der Waals surface area contributed by atoms with Crippen molar-refractivity contribution in [3.8, 4) is 0 Å². The zero-order valence-corrected chi connectivity index (χ0v) is 16.9. The Hall–Kier alpha value is 0.440. The van der Waals surface area contributed by atoms with Crippen molar-refractivity contribution in [3.63, 3.8) is 0 Å². The Morgan fingerprint density at radius 1 is 0.455 bits per heavy atom. The van der Waals surface area contributed by atoms with E-state index >= 15 is 0 Å². The first-order valence-electron chi connectivity index (χ1n) is 10.2. The van der Waals surface area contributed by atoms with Gasteiger partial charge < -0.3 is 0 Å². The van der Waals surface area contributed by atoms with Crippen LogP contribution in [0.4, 0.5) is 0 Å². The third-order valence-electron chi connectivity index (χ3n) is 4.62. The van der Waals surface area contributed by atoms with E-state index in [2.05, 4.69) is 27.4 Å². The minimum atomic E-state index is 1.11. The molecule has 0 aliphatic heterocycles. The molecule has 0 aliphatic rings. The Labute approximate surface area is 149 Å². The number of nitrogens with one attached hydrogen (secondary N) is 1. The Balaban J connectivity index is 2.91. The Bertz CT molecular complexity index is 165. The van der Waals surface area contributed by atoms with E-state index in [0.29, 0.717) is 0 Å².